The fourth-order valence-corrected chi connectivity index (χ4v) is 3.54. The Morgan fingerprint density at radius 3 is 3.05 bits per heavy atom. The molecule has 1 saturated heterocycles. The number of para-hydroxylation sites is 1. The minimum atomic E-state index is 0.380. The van der Waals surface area contributed by atoms with E-state index in [9.17, 15) is 0 Å². The number of ether oxygens (including phenoxy) is 1. The summed E-state index contributed by atoms with van der Waals surface area (Å²) in [6, 6.07) is 6.98. The van der Waals surface area contributed by atoms with Crippen LogP contribution in [0.1, 0.15) is 33.6 Å². The lowest BCUT2D eigenvalue weighted by Crippen LogP contribution is -2.55. The third-order valence-electron chi connectivity index (χ3n) is 4.58. The zero-order chi connectivity index (χ0) is 13.5. The molecule has 0 aromatic heterocycles. The average Bonchev–Trinajstić information content (AvgIpc) is 2.39. The third-order valence-corrected chi connectivity index (χ3v) is 4.58. The van der Waals surface area contributed by atoms with Gasteiger partial charge in [-0.3, -0.25) is 0 Å². The van der Waals surface area contributed by atoms with Crippen LogP contribution in [0.5, 0.6) is 5.75 Å². The first kappa shape index (κ1) is 12.6. The molecule has 104 valence electrons. The van der Waals surface area contributed by atoms with E-state index >= 15 is 0 Å². The first-order valence-electron chi connectivity index (χ1n) is 7.40. The first-order chi connectivity index (χ1) is 9.13. The Morgan fingerprint density at radius 2 is 2.26 bits per heavy atom. The van der Waals surface area contributed by atoms with E-state index in [-0.39, 0.29) is 0 Å². The number of fused-ring (bicyclic) bond motifs is 3. The predicted octanol–water partition coefficient (Wildman–Crippen LogP) is 3.51. The van der Waals surface area contributed by atoms with Crippen molar-refractivity contribution in [3.05, 3.63) is 18.2 Å². The number of hydrogen-bond acceptors (Lipinski definition) is 3. The highest BCUT2D eigenvalue weighted by Crippen LogP contribution is 2.45. The smallest absolute Gasteiger partial charge is 0.144 e. The van der Waals surface area contributed by atoms with Gasteiger partial charge in [0.1, 0.15) is 11.4 Å². The molecule has 2 aliphatic heterocycles. The number of hydrogen-bond donors (Lipinski definition) is 1. The van der Waals surface area contributed by atoms with Crippen LogP contribution in [0.4, 0.5) is 11.4 Å². The van der Waals surface area contributed by atoms with Crippen molar-refractivity contribution in [2.75, 3.05) is 29.9 Å². The van der Waals surface area contributed by atoms with Gasteiger partial charge in [0.05, 0.1) is 18.3 Å². The number of benzene rings is 1. The van der Waals surface area contributed by atoms with Gasteiger partial charge in [0, 0.05) is 13.1 Å². The molecule has 19 heavy (non-hydrogen) atoms. The standard InChI is InChI=1S/C16H24N2O/c1-4-19-13-8-5-7-12-15(13)17-11-14-16(2,3)9-6-10-18(12)14/h5,7-8,14,17H,4,6,9-11H2,1-3H3. The van der Waals surface area contributed by atoms with Crippen molar-refractivity contribution in [2.45, 2.75) is 39.7 Å². The van der Waals surface area contributed by atoms with E-state index in [0.29, 0.717) is 18.1 Å². The molecule has 1 N–H and O–H groups in total. The number of nitrogens with zero attached hydrogens (tertiary/aromatic N) is 1. The van der Waals surface area contributed by atoms with Crippen LogP contribution in [0.25, 0.3) is 0 Å². The fourth-order valence-electron chi connectivity index (χ4n) is 3.54. The van der Waals surface area contributed by atoms with E-state index in [1.807, 2.05) is 6.92 Å². The van der Waals surface area contributed by atoms with E-state index in [1.54, 1.807) is 0 Å². The predicted molar refractivity (Wildman–Crippen MR) is 80.2 cm³/mol. The normalized spacial score (nSPS) is 24.2. The Bertz CT molecular complexity index is 470. The lowest BCUT2D eigenvalue weighted by atomic mass is 9.75. The highest BCUT2D eigenvalue weighted by molar-refractivity contribution is 5.79. The molecule has 0 bridgehead atoms. The van der Waals surface area contributed by atoms with Gasteiger partial charge in [-0.15, -0.1) is 0 Å². The molecule has 0 amide bonds. The highest BCUT2D eigenvalue weighted by Gasteiger charge is 2.40. The van der Waals surface area contributed by atoms with Crippen molar-refractivity contribution in [2.24, 2.45) is 5.41 Å². The molecule has 3 heteroatoms. The minimum absolute atomic E-state index is 0.380. The van der Waals surface area contributed by atoms with Gasteiger partial charge in [0.2, 0.25) is 0 Å². The Kier molecular flexibility index (Phi) is 3.08. The van der Waals surface area contributed by atoms with E-state index in [4.69, 9.17) is 4.74 Å². The van der Waals surface area contributed by atoms with E-state index in [2.05, 4.69) is 42.3 Å². The molecule has 3 nitrogen and oxygen atoms in total. The lowest BCUT2D eigenvalue weighted by Gasteiger charge is -2.51. The maximum atomic E-state index is 5.75. The van der Waals surface area contributed by atoms with Crippen molar-refractivity contribution < 1.29 is 4.74 Å². The Hall–Kier alpha value is -1.38. The molecule has 0 saturated carbocycles. The minimum Gasteiger partial charge on any atom is -0.492 e. The summed E-state index contributed by atoms with van der Waals surface area (Å²) < 4.78 is 5.75. The van der Waals surface area contributed by atoms with Crippen LogP contribution in [0.3, 0.4) is 0 Å². The zero-order valence-corrected chi connectivity index (χ0v) is 12.2. The number of piperidine rings is 1. The largest absolute Gasteiger partial charge is 0.492 e. The van der Waals surface area contributed by atoms with E-state index < -0.39 is 0 Å². The molecular weight excluding hydrogens is 236 g/mol. The average molecular weight is 260 g/mol. The van der Waals surface area contributed by atoms with Gasteiger partial charge < -0.3 is 15.0 Å². The number of nitrogens with one attached hydrogen (secondary N) is 1. The molecule has 1 fully saturated rings. The molecule has 0 radical (unpaired) electrons. The molecule has 3 rings (SSSR count). The van der Waals surface area contributed by atoms with Gasteiger partial charge in [-0.25, -0.2) is 0 Å². The summed E-state index contributed by atoms with van der Waals surface area (Å²) in [5.74, 6) is 0.988. The summed E-state index contributed by atoms with van der Waals surface area (Å²) in [6.45, 7) is 9.72. The van der Waals surface area contributed by atoms with Crippen molar-refractivity contribution in [1.29, 1.82) is 0 Å². The van der Waals surface area contributed by atoms with Gasteiger partial charge in [0.25, 0.3) is 0 Å². The molecule has 0 spiro atoms. The summed E-state index contributed by atoms with van der Waals surface area (Å²) in [7, 11) is 0. The van der Waals surface area contributed by atoms with Crippen LogP contribution < -0.4 is 15.0 Å². The second-order valence-electron chi connectivity index (χ2n) is 6.27. The van der Waals surface area contributed by atoms with Crippen LogP contribution in [-0.2, 0) is 0 Å². The topological polar surface area (TPSA) is 24.5 Å². The van der Waals surface area contributed by atoms with Gasteiger partial charge in [-0.2, -0.15) is 0 Å². The second kappa shape index (κ2) is 4.62. The zero-order valence-electron chi connectivity index (χ0n) is 12.2. The van der Waals surface area contributed by atoms with Crippen molar-refractivity contribution >= 4 is 11.4 Å². The van der Waals surface area contributed by atoms with Crippen LogP contribution in [-0.4, -0.2) is 25.7 Å². The second-order valence-corrected chi connectivity index (χ2v) is 6.27. The molecule has 1 aromatic rings. The van der Waals surface area contributed by atoms with Crippen molar-refractivity contribution in [3.8, 4) is 5.75 Å². The quantitative estimate of drug-likeness (QED) is 0.880. The molecule has 1 unspecified atom stereocenters. The highest BCUT2D eigenvalue weighted by atomic mass is 16.5. The Balaban J connectivity index is 1.99. The lowest BCUT2D eigenvalue weighted by molar-refractivity contribution is 0.216. The monoisotopic (exact) mass is 260 g/mol. The maximum Gasteiger partial charge on any atom is 0.144 e. The maximum absolute atomic E-state index is 5.75. The van der Waals surface area contributed by atoms with Gasteiger partial charge in [-0.1, -0.05) is 19.9 Å². The first-order valence-corrected chi connectivity index (χ1v) is 7.40. The summed E-state index contributed by atoms with van der Waals surface area (Å²) in [6.07, 6.45) is 2.60. The van der Waals surface area contributed by atoms with Gasteiger partial charge in [0.15, 0.2) is 0 Å². The summed E-state index contributed by atoms with van der Waals surface area (Å²) in [5, 5.41) is 3.60. The summed E-state index contributed by atoms with van der Waals surface area (Å²) >= 11 is 0. The van der Waals surface area contributed by atoms with Crippen molar-refractivity contribution in [1.82, 2.24) is 0 Å². The van der Waals surface area contributed by atoms with Crippen LogP contribution in [0, 0.1) is 5.41 Å². The third kappa shape index (κ3) is 2.05. The Morgan fingerprint density at radius 1 is 1.42 bits per heavy atom. The van der Waals surface area contributed by atoms with E-state index in [1.165, 1.54) is 30.8 Å². The van der Waals surface area contributed by atoms with Gasteiger partial charge >= 0.3 is 0 Å². The summed E-state index contributed by atoms with van der Waals surface area (Å²) in [5.41, 5.74) is 2.87. The summed E-state index contributed by atoms with van der Waals surface area (Å²) in [4.78, 5) is 2.58. The van der Waals surface area contributed by atoms with Crippen molar-refractivity contribution in [3.63, 3.8) is 0 Å². The van der Waals surface area contributed by atoms with Gasteiger partial charge in [-0.05, 0) is 37.3 Å². The van der Waals surface area contributed by atoms with E-state index in [0.717, 1.165) is 12.3 Å². The fraction of sp³-hybridized carbons (Fsp3) is 0.625. The SMILES string of the molecule is CCOc1cccc2c1NCC1N2CCCC1(C)C. The number of rotatable bonds is 2. The Labute approximate surface area is 115 Å². The molecule has 1 atom stereocenters. The van der Waals surface area contributed by atoms with Crippen LogP contribution in [0.15, 0.2) is 18.2 Å². The van der Waals surface area contributed by atoms with Crippen LogP contribution >= 0.6 is 0 Å². The molecule has 0 aliphatic carbocycles. The molecular formula is C16H24N2O. The molecule has 1 aromatic carbocycles. The molecule has 2 aliphatic rings. The number of anilines is 2. The van der Waals surface area contributed by atoms with Crippen LogP contribution in [0.2, 0.25) is 0 Å². The molecule has 2 heterocycles.